The van der Waals surface area contributed by atoms with Gasteiger partial charge in [0.15, 0.2) is 0 Å². The topological polar surface area (TPSA) is 41.1 Å². The van der Waals surface area contributed by atoms with Crippen LogP contribution in [0.5, 0.6) is 0 Å². The summed E-state index contributed by atoms with van der Waals surface area (Å²) >= 11 is 1.98. The number of hydrogen-bond donors (Lipinski definition) is 2. The molecule has 0 saturated carbocycles. The minimum atomic E-state index is 0.0421. The summed E-state index contributed by atoms with van der Waals surface area (Å²) in [5, 5.41) is 6.43. The molecule has 4 heteroatoms. The first-order valence-electron chi connectivity index (χ1n) is 7.41. The van der Waals surface area contributed by atoms with Gasteiger partial charge in [0.2, 0.25) is 0 Å². The van der Waals surface area contributed by atoms with Crippen molar-refractivity contribution in [2.75, 3.05) is 29.9 Å². The van der Waals surface area contributed by atoms with Crippen molar-refractivity contribution >= 4 is 23.4 Å². The van der Waals surface area contributed by atoms with Gasteiger partial charge in [-0.3, -0.25) is 4.79 Å². The van der Waals surface area contributed by atoms with Gasteiger partial charge in [0.25, 0.3) is 5.91 Å². The fourth-order valence-electron chi connectivity index (χ4n) is 2.34. The Morgan fingerprint density at radius 3 is 3.00 bits per heavy atom. The zero-order chi connectivity index (χ0) is 14.4. The fraction of sp³-hybridized carbons (Fsp3) is 0.562. The van der Waals surface area contributed by atoms with Gasteiger partial charge in [-0.1, -0.05) is 13.0 Å². The Labute approximate surface area is 125 Å². The molecule has 0 bridgehead atoms. The van der Waals surface area contributed by atoms with Crippen LogP contribution in [0.25, 0.3) is 0 Å². The average molecular weight is 292 g/mol. The van der Waals surface area contributed by atoms with E-state index in [4.69, 9.17) is 0 Å². The number of rotatable bonds is 6. The third-order valence-electron chi connectivity index (χ3n) is 3.56. The van der Waals surface area contributed by atoms with Gasteiger partial charge in [-0.25, -0.2) is 0 Å². The van der Waals surface area contributed by atoms with Crippen molar-refractivity contribution in [3.8, 4) is 0 Å². The van der Waals surface area contributed by atoms with Crippen LogP contribution < -0.4 is 10.6 Å². The van der Waals surface area contributed by atoms with E-state index in [0.29, 0.717) is 5.92 Å². The molecular weight excluding hydrogens is 268 g/mol. The van der Waals surface area contributed by atoms with Gasteiger partial charge in [0, 0.05) is 18.8 Å². The van der Waals surface area contributed by atoms with Crippen LogP contribution in [0.2, 0.25) is 0 Å². The van der Waals surface area contributed by atoms with Gasteiger partial charge in [-0.05, 0) is 54.9 Å². The summed E-state index contributed by atoms with van der Waals surface area (Å²) in [6.45, 7) is 5.87. The van der Waals surface area contributed by atoms with Crippen LogP contribution >= 0.6 is 11.8 Å². The van der Waals surface area contributed by atoms with E-state index < -0.39 is 0 Å². The largest absolute Gasteiger partial charge is 0.384 e. The van der Waals surface area contributed by atoms with Crippen molar-refractivity contribution in [2.45, 2.75) is 26.7 Å². The number of benzene rings is 1. The highest BCUT2D eigenvalue weighted by atomic mass is 32.2. The number of hydrogen-bond acceptors (Lipinski definition) is 3. The van der Waals surface area contributed by atoms with Crippen LogP contribution in [0.1, 0.15) is 35.7 Å². The lowest BCUT2D eigenvalue weighted by Crippen LogP contribution is -2.30. The van der Waals surface area contributed by atoms with Gasteiger partial charge in [0.05, 0.1) is 5.56 Å². The minimum Gasteiger partial charge on any atom is -0.384 e. The first-order valence-corrected chi connectivity index (χ1v) is 8.56. The SMILES string of the molecule is CCCNc1cc(C)ccc1C(=O)NCC1CCSC1. The molecule has 1 amide bonds. The Kier molecular flexibility index (Phi) is 5.77. The molecule has 1 unspecified atom stereocenters. The molecule has 1 aliphatic heterocycles. The standard InChI is InChI=1S/C16H24N2OS/c1-3-7-17-15-9-12(2)4-5-14(15)16(19)18-10-13-6-8-20-11-13/h4-5,9,13,17H,3,6-8,10-11H2,1-2H3,(H,18,19). The lowest BCUT2D eigenvalue weighted by atomic mass is 10.1. The lowest BCUT2D eigenvalue weighted by Gasteiger charge is -2.14. The van der Waals surface area contributed by atoms with Gasteiger partial charge >= 0.3 is 0 Å². The van der Waals surface area contributed by atoms with Crippen molar-refractivity contribution < 1.29 is 4.79 Å². The van der Waals surface area contributed by atoms with Crippen LogP contribution in [-0.4, -0.2) is 30.5 Å². The zero-order valence-corrected chi connectivity index (χ0v) is 13.2. The summed E-state index contributed by atoms with van der Waals surface area (Å²) in [5.41, 5.74) is 2.88. The zero-order valence-electron chi connectivity index (χ0n) is 12.4. The molecular formula is C16H24N2OS. The van der Waals surface area contributed by atoms with Gasteiger partial charge in [0.1, 0.15) is 0 Å². The van der Waals surface area contributed by atoms with Gasteiger partial charge in [-0.2, -0.15) is 11.8 Å². The van der Waals surface area contributed by atoms with Crippen molar-refractivity contribution in [1.29, 1.82) is 0 Å². The molecule has 1 saturated heterocycles. The maximum atomic E-state index is 12.3. The molecule has 1 aliphatic rings. The van der Waals surface area contributed by atoms with E-state index in [0.717, 1.165) is 30.8 Å². The highest BCUT2D eigenvalue weighted by Gasteiger charge is 2.17. The molecule has 1 heterocycles. The molecule has 1 aromatic rings. The molecule has 1 atom stereocenters. The van der Waals surface area contributed by atoms with Crippen LogP contribution in [0.15, 0.2) is 18.2 Å². The van der Waals surface area contributed by atoms with Gasteiger partial charge in [-0.15, -0.1) is 0 Å². The fourth-order valence-corrected chi connectivity index (χ4v) is 3.62. The quantitative estimate of drug-likeness (QED) is 0.845. The summed E-state index contributed by atoms with van der Waals surface area (Å²) in [4.78, 5) is 12.3. The Morgan fingerprint density at radius 2 is 2.30 bits per heavy atom. The van der Waals surface area contributed by atoms with E-state index in [1.54, 1.807) is 0 Å². The van der Waals surface area contributed by atoms with Gasteiger partial charge < -0.3 is 10.6 Å². The Bertz CT molecular complexity index is 456. The summed E-state index contributed by atoms with van der Waals surface area (Å²) in [7, 11) is 0. The Morgan fingerprint density at radius 1 is 1.45 bits per heavy atom. The third kappa shape index (κ3) is 4.17. The molecule has 1 fully saturated rings. The molecule has 0 radical (unpaired) electrons. The first-order chi connectivity index (χ1) is 9.70. The molecule has 2 rings (SSSR count). The molecule has 0 aliphatic carbocycles. The highest BCUT2D eigenvalue weighted by molar-refractivity contribution is 7.99. The normalized spacial score (nSPS) is 18.0. The molecule has 20 heavy (non-hydrogen) atoms. The monoisotopic (exact) mass is 292 g/mol. The first kappa shape index (κ1) is 15.2. The number of anilines is 1. The number of carbonyl (C=O) groups is 1. The molecule has 2 N–H and O–H groups in total. The molecule has 0 aromatic heterocycles. The van der Waals surface area contributed by atoms with E-state index in [1.165, 1.54) is 23.5 Å². The van der Waals surface area contributed by atoms with Crippen molar-refractivity contribution in [3.63, 3.8) is 0 Å². The van der Waals surface area contributed by atoms with E-state index >= 15 is 0 Å². The van der Waals surface area contributed by atoms with Crippen LogP contribution in [0.3, 0.4) is 0 Å². The number of thioether (sulfide) groups is 1. The van der Waals surface area contributed by atoms with Crippen LogP contribution in [-0.2, 0) is 0 Å². The minimum absolute atomic E-state index is 0.0421. The highest BCUT2D eigenvalue weighted by Crippen LogP contribution is 2.23. The lowest BCUT2D eigenvalue weighted by molar-refractivity contribution is 0.0949. The summed E-state index contributed by atoms with van der Waals surface area (Å²) in [6, 6.07) is 5.97. The number of nitrogens with one attached hydrogen (secondary N) is 2. The van der Waals surface area contributed by atoms with E-state index in [9.17, 15) is 4.79 Å². The summed E-state index contributed by atoms with van der Waals surface area (Å²) in [6.07, 6.45) is 2.27. The molecule has 3 nitrogen and oxygen atoms in total. The summed E-state index contributed by atoms with van der Waals surface area (Å²) in [5.74, 6) is 3.09. The van der Waals surface area contributed by atoms with E-state index in [1.807, 2.05) is 23.9 Å². The number of amides is 1. The van der Waals surface area contributed by atoms with Crippen LogP contribution in [0, 0.1) is 12.8 Å². The predicted molar refractivity (Wildman–Crippen MR) is 87.7 cm³/mol. The third-order valence-corrected chi connectivity index (χ3v) is 4.79. The average Bonchev–Trinajstić information content (AvgIpc) is 2.96. The molecule has 1 aromatic carbocycles. The predicted octanol–water partition coefficient (Wildman–Crippen LogP) is 3.30. The van der Waals surface area contributed by atoms with Crippen molar-refractivity contribution in [3.05, 3.63) is 29.3 Å². The second-order valence-corrected chi connectivity index (χ2v) is 6.57. The Balaban J connectivity index is 1.99. The summed E-state index contributed by atoms with van der Waals surface area (Å²) < 4.78 is 0. The number of aryl methyl sites for hydroxylation is 1. The second kappa shape index (κ2) is 7.58. The molecule has 110 valence electrons. The van der Waals surface area contributed by atoms with E-state index in [-0.39, 0.29) is 5.91 Å². The number of carbonyl (C=O) groups excluding carboxylic acids is 1. The van der Waals surface area contributed by atoms with Crippen LogP contribution in [0.4, 0.5) is 5.69 Å². The maximum absolute atomic E-state index is 12.3. The maximum Gasteiger partial charge on any atom is 0.253 e. The van der Waals surface area contributed by atoms with Crippen molar-refractivity contribution in [2.24, 2.45) is 5.92 Å². The van der Waals surface area contributed by atoms with E-state index in [2.05, 4.69) is 30.5 Å². The molecule has 0 spiro atoms. The second-order valence-electron chi connectivity index (χ2n) is 5.42. The smallest absolute Gasteiger partial charge is 0.253 e. The Hall–Kier alpha value is -1.16. The van der Waals surface area contributed by atoms with Crippen molar-refractivity contribution in [1.82, 2.24) is 5.32 Å².